The molecule has 110 valence electrons. The van der Waals surface area contributed by atoms with Gasteiger partial charge in [-0.15, -0.1) is 0 Å². The number of nitrogens with zero attached hydrogens (tertiary/aromatic N) is 1. The third-order valence-electron chi connectivity index (χ3n) is 4.12. The van der Waals surface area contributed by atoms with E-state index in [1.807, 2.05) is 0 Å². The van der Waals surface area contributed by atoms with Crippen molar-refractivity contribution >= 4 is 5.91 Å². The van der Waals surface area contributed by atoms with Crippen molar-refractivity contribution in [1.82, 2.24) is 10.2 Å². The molecule has 0 spiro atoms. The lowest BCUT2D eigenvalue weighted by atomic mass is 10.0. The van der Waals surface area contributed by atoms with E-state index in [1.54, 1.807) is 0 Å². The summed E-state index contributed by atoms with van der Waals surface area (Å²) in [6, 6.07) is 8.89. The average Bonchev–Trinajstić information content (AvgIpc) is 2.47. The van der Waals surface area contributed by atoms with Gasteiger partial charge in [0.2, 0.25) is 5.91 Å². The maximum atomic E-state index is 12.4. The first kappa shape index (κ1) is 15.0. The Kier molecular flexibility index (Phi) is 5.60. The van der Waals surface area contributed by atoms with Crippen LogP contribution in [-0.4, -0.2) is 36.5 Å². The molecule has 1 aliphatic rings. The molecule has 2 rings (SSSR count). The molecule has 0 aromatic heterocycles. The first-order valence-corrected chi connectivity index (χ1v) is 7.76. The monoisotopic (exact) mass is 274 g/mol. The van der Waals surface area contributed by atoms with Crippen LogP contribution in [0.25, 0.3) is 0 Å². The second kappa shape index (κ2) is 7.44. The van der Waals surface area contributed by atoms with Crippen LogP contribution in [-0.2, 0) is 11.2 Å². The van der Waals surface area contributed by atoms with E-state index in [2.05, 4.69) is 48.3 Å². The summed E-state index contributed by atoms with van der Waals surface area (Å²) in [7, 11) is 0. The summed E-state index contributed by atoms with van der Waals surface area (Å²) in [5, 5.41) is 3.36. The molecule has 0 aliphatic carbocycles. The zero-order chi connectivity index (χ0) is 14.4. The highest BCUT2D eigenvalue weighted by atomic mass is 16.2. The molecule has 0 bridgehead atoms. The molecule has 1 N–H and O–H groups in total. The van der Waals surface area contributed by atoms with Gasteiger partial charge >= 0.3 is 0 Å². The number of amides is 1. The third kappa shape index (κ3) is 4.07. The number of carbonyl (C=O) groups is 1. The Balaban J connectivity index is 1.88. The standard InChI is InChI=1S/C17H26N2O/c1-3-19(16-9-11-18-12-10-16)17(20)8-7-15-6-4-5-14(2)13-15/h4-6,13,16,18H,3,7-12H2,1-2H3. The largest absolute Gasteiger partial charge is 0.340 e. The van der Waals surface area contributed by atoms with Crippen LogP contribution in [0.4, 0.5) is 0 Å². The van der Waals surface area contributed by atoms with Crippen molar-refractivity contribution in [1.29, 1.82) is 0 Å². The van der Waals surface area contributed by atoms with Crippen LogP contribution in [0, 0.1) is 6.92 Å². The van der Waals surface area contributed by atoms with E-state index in [1.165, 1.54) is 11.1 Å². The summed E-state index contributed by atoms with van der Waals surface area (Å²) >= 11 is 0. The van der Waals surface area contributed by atoms with Crippen LogP contribution in [0.2, 0.25) is 0 Å². The number of nitrogens with one attached hydrogen (secondary N) is 1. The molecule has 3 heteroatoms. The molecule has 1 aromatic rings. The molecule has 1 saturated heterocycles. The molecule has 0 atom stereocenters. The van der Waals surface area contributed by atoms with Gasteiger partial charge in [-0.2, -0.15) is 0 Å². The fourth-order valence-electron chi connectivity index (χ4n) is 3.02. The van der Waals surface area contributed by atoms with Crippen molar-refractivity contribution in [2.24, 2.45) is 0 Å². The molecule has 1 heterocycles. The van der Waals surface area contributed by atoms with E-state index in [4.69, 9.17) is 0 Å². The first-order valence-electron chi connectivity index (χ1n) is 7.76. The van der Waals surface area contributed by atoms with Crippen LogP contribution >= 0.6 is 0 Å². The number of benzene rings is 1. The predicted octanol–water partition coefficient (Wildman–Crippen LogP) is 2.53. The second-order valence-corrected chi connectivity index (χ2v) is 5.65. The Bertz CT molecular complexity index is 438. The molecule has 0 saturated carbocycles. The van der Waals surface area contributed by atoms with E-state index in [-0.39, 0.29) is 0 Å². The van der Waals surface area contributed by atoms with Crippen molar-refractivity contribution in [2.45, 2.75) is 45.6 Å². The summed E-state index contributed by atoms with van der Waals surface area (Å²) in [6.07, 6.45) is 3.65. The van der Waals surface area contributed by atoms with Crippen LogP contribution < -0.4 is 5.32 Å². The lowest BCUT2D eigenvalue weighted by Gasteiger charge is -2.34. The van der Waals surface area contributed by atoms with Gasteiger partial charge in [-0.25, -0.2) is 0 Å². The molecular weight excluding hydrogens is 248 g/mol. The van der Waals surface area contributed by atoms with Crippen molar-refractivity contribution in [3.05, 3.63) is 35.4 Å². The lowest BCUT2D eigenvalue weighted by Crippen LogP contribution is -2.46. The average molecular weight is 274 g/mol. The van der Waals surface area contributed by atoms with Gasteiger partial charge < -0.3 is 10.2 Å². The van der Waals surface area contributed by atoms with Crippen molar-refractivity contribution in [3.8, 4) is 0 Å². The zero-order valence-electron chi connectivity index (χ0n) is 12.7. The van der Waals surface area contributed by atoms with Crippen LogP contribution in [0.1, 0.15) is 37.3 Å². The molecule has 0 unspecified atom stereocenters. The topological polar surface area (TPSA) is 32.3 Å². The number of aryl methyl sites for hydroxylation is 2. The van der Waals surface area contributed by atoms with Gasteiger partial charge in [-0.3, -0.25) is 4.79 Å². The third-order valence-corrected chi connectivity index (χ3v) is 4.12. The first-order chi connectivity index (χ1) is 9.70. The van der Waals surface area contributed by atoms with E-state index < -0.39 is 0 Å². The van der Waals surface area contributed by atoms with Gasteiger partial charge in [0.05, 0.1) is 0 Å². The van der Waals surface area contributed by atoms with Crippen molar-refractivity contribution in [2.75, 3.05) is 19.6 Å². The van der Waals surface area contributed by atoms with Gasteiger partial charge in [0.25, 0.3) is 0 Å². The minimum atomic E-state index is 0.306. The maximum Gasteiger partial charge on any atom is 0.223 e. The second-order valence-electron chi connectivity index (χ2n) is 5.65. The van der Waals surface area contributed by atoms with Crippen molar-refractivity contribution < 1.29 is 4.79 Å². The molecule has 1 fully saturated rings. The molecule has 1 amide bonds. The Morgan fingerprint density at radius 1 is 1.35 bits per heavy atom. The molecule has 3 nitrogen and oxygen atoms in total. The normalized spacial score (nSPS) is 16.1. The maximum absolute atomic E-state index is 12.4. The molecule has 0 radical (unpaired) electrons. The van der Waals surface area contributed by atoms with Crippen molar-refractivity contribution in [3.63, 3.8) is 0 Å². The lowest BCUT2D eigenvalue weighted by molar-refractivity contribution is -0.133. The predicted molar refractivity (Wildman–Crippen MR) is 82.8 cm³/mol. The summed E-state index contributed by atoms with van der Waals surface area (Å²) in [6.45, 7) is 7.08. The Hall–Kier alpha value is -1.35. The summed E-state index contributed by atoms with van der Waals surface area (Å²) < 4.78 is 0. The van der Waals surface area contributed by atoms with Gasteiger partial charge in [-0.05, 0) is 51.8 Å². The van der Waals surface area contributed by atoms with Crippen LogP contribution in [0.3, 0.4) is 0 Å². The van der Waals surface area contributed by atoms with E-state index in [9.17, 15) is 4.79 Å². The smallest absolute Gasteiger partial charge is 0.223 e. The SMILES string of the molecule is CCN(C(=O)CCc1cccc(C)c1)C1CCNCC1. The molecule has 1 aromatic carbocycles. The van der Waals surface area contributed by atoms with Crippen LogP contribution in [0.15, 0.2) is 24.3 Å². The van der Waals surface area contributed by atoms with Crippen LogP contribution in [0.5, 0.6) is 0 Å². The Morgan fingerprint density at radius 3 is 2.75 bits per heavy atom. The highest BCUT2D eigenvalue weighted by molar-refractivity contribution is 5.76. The Labute approximate surface area is 122 Å². The highest BCUT2D eigenvalue weighted by Crippen LogP contribution is 2.14. The zero-order valence-corrected chi connectivity index (χ0v) is 12.7. The number of piperidine rings is 1. The van der Waals surface area contributed by atoms with E-state index in [0.29, 0.717) is 18.4 Å². The van der Waals surface area contributed by atoms with E-state index >= 15 is 0 Å². The summed E-state index contributed by atoms with van der Waals surface area (Å²) in [5.74, 6) is 0.306. The number of hydrogen-bond donors (Lipinski definition) is 1. The number of carbonyl (C=O) groups excluding carboxylic acids is 1. The molecule has 20 heavy (non-hydrogen) atoms. The van der Waals surface area contributed by atoms with Gasteiger partial charge in [-0.1, -0.05) is 29.8 Å². The number of hydrogen-bond acceptors (Lipinski definition) is 2. The highest BCUT2D eigenvalue weighted by Gasteiger charge is 2.23. The molecule has 1 aliphatic heterocycles. The quantitative estimate of drug-likeness (QED) is 0.895. The molecular formula is C17H26N2O. The fourth-order valence-corrected chi connectivity index (χ4v) is 3.02. The Morgan fingerprint density at radius 2 is 2.10 bits per heavy atom. The minimum Gasteiger partial charge on any atom is -0.340 e. The van der Waals surface area contributed by atoms with Gasteiger partial charge in [0.15, 0.2) is 0 Å². The summed E-state index contributed by atoms with van der Waals surface area (Å²) in [4.78, 5) is 14.5. The summed E-state index contributed by atoms with van der Waals surface area (Å²) in [5.41, 5.74) is 2.53. The fraction of sp³-hybridized carbons (Fsp3) is 0.588. The van der Waals surface area contributed by atoms with E-state index in [0.717, 1.165) is 38.9 Å². The number of rotatable bonds is 5. The van der Waals surface area contributed by atoms with Gasteiger partial charge in [0, 0.05) is 19.0 Å². The van der Waals surface area contributed by atoms with Gasteiger partial charge in [0.1, 0.15) is 0 Å². The minimum absolute atomic E-state index is 0.306.